The van der Waals surface area contributed by atoms with E-state index in [-0.39, 0.29) is 17.6 Å². The number of amides is 1. The quantitative estimate of drug-likeness (QED) is 0.883. The summed E-state index contributed by atoms with van der Waals surface area (Å²) in [5.74, 6) is 0.402. The van der Waals surface area contributed by atoms with Crippen molar-refractivity contribution >= 4 is 11.7 Å². The van der Waals surface area contributed by atoms with Crippen LogP contribution in [-0.2, 0) is 16.0 Å². The van der Waals surface area contributed by atoms with Gasteiger partial charge < -0.3 is 10.0 Å². The number of carbonyl (C=O) groups is 2. The van der Waals surface area contributed by atoms with E-state index in [0.29, 0.717) is 58.0 Å². The van der Waals surface area contributed by atoms with Crippen LogP contribution in [-0.4, -0.2) is 50.2 Å². The average molecular weight is 381 g/mol. The smallest absolute Gasteiger partial charge is 0.225 e. The van der Waals surface area contributed by atoms with Gasteiger partial charge in [0.05, 0.1) is 11.3 Å². The largest absolute Gasteiger partial charge is 0.389 e. The number of aromatic nitrogens is 2. The minimum atomic E-state index is -0.828. The van der Waals surface area contributed by atoms with Crippen molar-refractivity contribution in [2.24, 2.45) is 5.92 Å². The van der Waals surface area contributed by atoms with E-state index < -0.39 is 5.60 Å². The van der Waals surface area contributed by atoms with Crippen LogP contribution in [0.1, 0.15) is 44.2 Å². The van der Waals surface area contributed by atoms with Crippen LogP contribution in [0.15, 0.2) is 42.6 Å². The van der Waals surface area contributed by atoms with E-state index >= 15 is 0 Å². The van der Waals surface area contributed by atoms with Gasteiger partial charge in [-0.1, -0.05) is 18.2 Å². The summed E-state index contributed by atoms with van der Waals surface area (Å²) in [4.78, 5) is 26.0. The van der Waals surface area contributed by atoms with Crippen molar-refractivity contribution < 1.29 is 14.7 Å². The molecule has 6 heteroatoms. The number of aliphatic hydroxyl groups is 1. The van der Waals surface area contributed by atoms with Gasteiger partial charge in [0, 0.05) is 50.2 Å². The predicted molar refractivity (Wildman–Crippen MR) is 105 cm³/mol. The van der Waals surface area contributed by atoms with Crippen molar-refractivity contribution in [1.29, 1.82) is 0 Å². The van der Waals surface area contributed by atoms with E-state index in [2.05, 4.69) is 5.10 Å². The molecule has 1 saturated heterocycles. The molecule has 0 spiro atoms. The fraction of sp³-hybridized carbons (Fsp3) is 0.500. The number of likely N-dealkylation sites (tertiary alicyclic amines) is 1. The Morgan fingerprint density at radius 1 is 1.11 bits per heavy atom. The Morgan fingerprint density at radius 3 is 2.46 bits per heavy atom. The molecule has 0 radical (unpaired) electrons. The summed E-state index contributed by atoms with van der Waals surface area (Å²) >= 11 is 0. The Bertz CT molecular complexity index is 828. The number of hydrogen-bond acceptors (Lipinski definition) is 4. The molecule has 1 aromatic carbocycles. The zero-order chi connectivity index (χ0) is 19.6. The molecule has 0 unspecified atom stereocenters. The number of carbonyl (C=O) groups excluding carboxylic acids is 2. The van der Waals surface area contributed by atoms with E-state index in [1.54, 1.807) is 6.20 Å². The van der Waals surface area contributed by atoms with Crippen molar-refractivity contribution in [3.8, 4) is 5.69 Å². The van der Waals surface area contributed by atoms with Crippen molar-refractivity contribution in [2.45, 2.75) is 50.5 Å². The molecule has 1 N–H and O–H groups in total. The van der Waals surface area contributed by atoms with Gasteiger partial charge in [0.1, 0.15) is 5.78 Å². The van der Waals surface area contributed by atoms with Gasteiger partial charge in [0.2, 0.25) is 5.91 Å². The average Bonchev–Trinajstić information content (AvgIpc) is 3.17. The lowest BCUT2D eigenvalue weighted by molar-refractivity contribution is -0.141. The van der Waals surface area contributed by atoms with Crippen molar-refractivity contribution in [2.75, 3.05) is 13.1 Å². The van der Waals surface area contributed by atoms with Crippen molar-refractivity contribution in [3.05, 3.63) is 48.3 Å². The van der Waals surface area contributed by atoms with Gasteiger partial charge in [0.15, 0.2) is 0 Å². The van der Waals surface area contributed by atoms with Crippen molar-refractivity contribution in [1.82, 2.24) is 14.7 Å². The lowest BCUT2D eigenvalue weighted by Gasteiger charge is -2.40. The molecule has 2 aliphatic rings. The molecular formula is C22H27N3O3. The number of rotatable bonds is 4. The maximum absolute atomic E-state index is 12.7. The molecular weight excluding hydrogens is 354 g/mol. The van der Waals surface area contributed by atoms with Crippen LogP contribution in [0.2, 0.25) is 0 Å². The first kappa shape index (κ1) is 18.9. The van der Waals surface area contributed by atoms with E-state index in [4.69, 9.17) is 0 Å². The number of para-hydroxylation sites is 1. The minimum Gasteiger partial charge on any atom is -0.389 e. The van der Waals surface area contributed by atoms with Gasteiger partial charge in [-0.05, 0) is 43.9 Å². The molecule has 1 aromatic heterocycles. The molecule has 2 aromatic rings. The summed E-state index contributed by atoms with van der Waals surface area (Å²) in [7, 11) is 0. The molecule has 0 bridgehead atoms. The van der Waals surface area contributed by atoms with Gasteiger partial charge in [-0.2, -0.15) is 5.10 Å². The molecule has 6 nitrogen and oxygen atoms in total. The molecule has 2 fully saturated rings. The highest BCUT2D eigenvalue weighted by Gasteiger charge is 2.37. The molecule has 0 atom stereocenters. The summed E-state index contributed by atoms with van der Waals surface area (Å²) in [6, 6.07) is 11.8. The fourth-order valence-electron chi connectivity index (χ4n) is 4.37. The minimum absolute atomic E-state index is 0.0246. The van der Waals surface area contributed by atoms with Crippen LogP contribution >= 0.6 is 0 Å². The summed E-state index contributed by atoms with van der Waals surface area (Å²) in [6.45, 7) is 1.14. The van der Waals surface area contributed by atoms with Gasteiger partial charge in [0.25, 0.3) is 0 Å². The molecule has 28 heavy (non-hydrogen) atoms. The maximum Gasteiger partial charge on any atom is 0.225 e. The Kier molecular flexibility index (Phi) is 5.31. The highest BCUT2D eigenvalue weighted by molar-refractivity contribution is 5.84. The normalized spacial score (nSPS) is 20.3. The van der Waals surface area contributed by atoms with E-state index in [9.17, 15) is 14.7 Å². The third-order valence-electron chi connectivity index (χ3n) is 6.13. The molecule has 1 aliphatic carbocycles. The summed E-state index contributed by atoms with van der Waals surface area (Å²) < 4.78 is 1.87. The highest BCUT2D eigenvalue weighted by Crippen LogP contribution is 2.30. The second-order valence-corrected chi connectivity index (χ2v) is 8.11. The third-order valence-corrected chi connectivity index (χ3v) is 6.13. The summed E-state index contributed by atoms with van der Waals surface area (Å²) in [5.41, 5.74) is 1.12. The summed E-state index contributed by atoms with van der Waals surface area (Å²) in [5, 5.41) is 15.5. The first-order valence-electron chi connectivity index (χ1n) is 10.2. The lowest BCUT2D eigenvalue weighted by Crippen LogP contribution is -2.49. The maximum atomic E-state index is 12.7. The Balaban J connectivity index is 1.38. The van der Waals surface area contributed by atoms with Crippen LogP contribution in [0.5, 0.6) is 0 Å². The number of Topliss-reactive ketones (excluding diaryl/α,β-unsaturated/α-hetero) is 1. The second kappa shape index (κ2) is 7.87. The second-order valence-electron chi connectivity index (χ2n) is 8.11. The fourth-order valence-corrected chi connectivity index (χ4v) is 4.37. The standard InChI is InChI=1S/C22H27N3O3/c26-20-8-6-17(7-9-20)21(27)24-14-11-22(28,12-15-24)16-19-10-13-23-25(19)18-4-2-1-3-5-18/h1-5,10,13,17,28H,6-9,11-12,14-16H2. The lowest BCUT2D eigenvalue weighted by atomic mass is 9.84. The number of ketones is 1. The first-order chi connectivity index (χ1) is 13.5. The molecule has 1 amide bonds. The van der Waals surface area contributed by atoms with Gasteiger partial charge >= 0.3 is 0 Å². The van der Waals surface area contributed by atoms with E-state index in [1.165, 1.54) is 0 Å². The molecule has 2 heterocycles. The van der Waals surface area contributed by atoms with E-state index in [1.807, 2.05) is 46.0 Å². The zero-order valence-corrected chi connectivity index (χ0v) is 16.1. The van der Waals surface area contributed by atoms with Crippen LogP contribution < -0.4 is 0 Å². The van der Waals surface area contributed by atoms with Crippen LogP contribution in [0, 0.1) is 5.92 Å². The van der Waals surface area contributed by atoms with Crippen LogP contribution in [0.4, 0.5) is 0 Å². The Morgan fingerprint density at radius 2 is 1.79 bits per heavy atom. The molecule has 148 valence electrons. The number of nitrogens with zero attached hydrogens (tertiary/aromatic N) is 3. The highest BCUT2D eigenvalue weighted by atomic mass is 16.3. The Hall–Kier alpha value is -2.47. The third kappa shape index (κ3) is 4.02. The van der Waals surface area contributed by atoms with Crippen molar-refractivity contribution in [3.63, 3.8) is 0 Å². The van der Waals surface area contributed by atoms with Crippen LogP contribution in [0.3, 0.4) is 0 Å². The Labute approximate surface area is 165 Å². The van der Waals surface area contributed by atoms with Gasteiger partial charge in [-0.15, -0.1) is 0 Å². The van der Waals surface area contributed by atoms with Gasteiger partial charge in [-0.3, -0.25) is 9.59 Å². The molecule has 1 aliphatic heterocycles. The van der Waals surface area contributed by atoms with Gasteiger partial charge in [-0.25, -0.2) is 4.68 Å². The monoisotopic (exact) mass is 381 g/mol. The predicted octanol–water partition coefficient (Wildman–Crippen LogP) is 2.53. The van der Waals surface area contributed by atoms with E-state index in [0.717, 1.165) is 11.4 Å². The molecule has 4 rings (SSSR count). The zero-order valence-electron chi connectivity index (χ0n) is 16.1. The summed E-state index contributed by atoms with van der Waals surface area (Å²) in [6.07, 6.45) is 5.80. The molecule has 1 saturated carbocycles. The number of piperidine rings is 1. The first-order valence-corrected chi connectivity index (χ1v) is 10.2. The van der Waals surface area contributed by atoms with Crippen LogP contribution in [0.25, 0.3) is 5.69 Å². The number of hydrogen-bond donors (Lipinski definition) is 1. The SMILES string of the molecule is O=C1CCC(C(=O)N2CCC(O)(Cc3ccnn3-c3ccccc3)CC2)CC1. The number of benzene rings is 1. The topological polar surface area (TPSA) is 75.4 Å².